The third-order valence-electron chi connectivity index (χ3n) is 4.08. The fourth-order valence-corrected chi connectivity index (χ4v) is 2.63. The molecule has 0 unspecified atom stereocenters. The van der Waals surface area contributed by atoms with Gasteiger partial charge < -0.3 is 10.1 Å². The number of carbonyl (C=O) groups excluding carboxylic acids is 1. The molecular weight excluding hydrogens is 286 g/mol. The number of anilines is 1. The van der Waals surface area contributed by atoms with E-state index in [1.54, 1.807) is 7.11 Å². The average molecular weight is 311 g/mol. The Morgan fingerprint density at radius 3 is 2.35 bits per heavy atom. The lowest BCUT2D eigenvalue weighted by molar-refractivity contribution is 0.102. The Morgan fingerprint density at radius 2 is 1.74 bits per heavy atom. The van der Waals surface area contributed by atoms with Crippen molar-refractivity contribution in [2.75, 3.05) is 12.4 Å². The van der Waals surface area contributed by atoms with Gasteiger partial charge in [0.15, 0.2) is 0 Å². The van der Waals surface area contributed by atoms with Crippen molar-refractivity contribution < 1.29 is 9.53 Å². The fourth-order valence-electron chi connectivity index (χ4n) is 2.63. The van der Waals surface area contributed by atoms with Gasteiger partial charge in [0.2, 0.25) is 0 Å². The SMILES string of the molecule is COc1cc(C)c(C(=O)Nc2cc(C)ccc2C)cc1C(C)C. The Kier molecular flexibility index (Phi) is 5.09. The van der Waals surface area contributed by atoms with Crippen LogP contribution in [0.3, 0.4) is 0 Å². The largest absolute Gasteiger partial charge is 0.496 e. The van der Waals surface area contributed by atoms with E-state index in [9.17, 15) is 4.79 Å². The number of rotatable bonds is 4. The molecule has 0 aliphatic heterocycles. The maximum Gasteiger partial charge on any atom is 0.255 e. The molecule has 0 spiro atoms. The normalized spacial score (nSPS) is 10.7. The molecule has 0 heterocycles. The predicted molar refractivity (Wildman–Crippen MR) is 95.7 cm³/mol. The number of carbonyl (C=O) groups is 1. The van der Waals surface area contributed by atoms with Gasteiger partial charge in [-0.2, -0.15) is 0 Å². The van der Waals surface area contributed by atoms with Gasteiger partial charge in [-0.1, -0.05) is 26.0 Å². The Morgan fingerprint density at radius 1 is 1.04 bits per heavy atom. The summed E-state index contributed by atoms with van der Waals surface area (Å²) in [4.78, 5) is 12.7. The number of ether oxygens (including phenoxy) is 1. The number of aryl methyl sites for hydroxylation is 3. The van der Waals surface area contributed by atoms with E-state index in [0.29, 0.717) is 5.56 Å². The first-order chi connectivity index (χ1) is 10.8. The Hall–Kier alpha value is -2.29. The van der Waals surface area contributed by atoms with Crippen LogP contribution in [0, 0.1) is 20.8 Å². The number of amides is 1. The summed E-state index contributed by atoms with van der Waals surface area (Å²) in [6.45, 7) is 10.1. The molecule has 2 aromatic carbocycles. The minimum absolute atomic E-state index is 0.0826. The summed E-state index contributed by atoms with van der Waals surface area (Å²) < 4.78 is 5.44. The lowest BCUT2D eigenvalue weighted by Gasteiger charge is -2.16. The molecule has 2 aromatic rings. The molecule has 1 amide bonds. The molecule has 23 heavy (non-hydrogen) atoms. The van der Waals surface area contributed by atoms with E-state index in [2.05, 4.69) is 19.2 Å². The monoisotopic (exact) mass is 311 g/mol. The molecule has 0 atom stereocenters. The minimum atomic E-state index is -0.0826. The van der Waals surface area contributed by atoms with Crippen molar-refractivity contribution in [3.63, 3.8) is 0 Å². The van der Waals surface area contributed by atoms with Gasteiger partial charge >= 0.3 is 0 Å². The molecular formula is C20H25NO2. The van der Waals surface area contributed by atoms with Gasteiger partial charge in [0, 0.05) is 11.3 Å². The Labute approximate surface area is 138 Å². The molecule has 0 fully saturated rings. The lowest BCUT2D eigenvalue weighted by Crippen LogP contribution is -2.15. The van der Waals surface area contributed by atoms with E-state index in [0.717, 1.165) is 33.7 Å². The molecule has 0 aromatic heterocycles. The van der Waals surface area contributed by atoms with Crippen molar-refractivity contribution in [1.29, 1.82) is 0 Å². The van der Waals surface area contributed by atoms with Crippen LogP contribution in [-0.2, 0) is 0 Å². The van der Waals surface area contributed by atoms with Crippen LogP contribution in [0.15, 0.2) is 30.3 Å². The summed E-state index contributed by atoms with van der Waals surface area (Å²) in [5, 5.41) is 3.03. The van der Waals surface area contributed by atoms with Gasteiger partial charge in [-0.25, -0.2) is 0 Å². The first-order valence-electron chi connectivity index (χ1n) is 7.90. The molecule has 0 bridgehead atoms. The number of nitrogens with one attached hydrogen (secondary N) is 1. The van der Waals surface area contributed by atoms with Crippen molar-refractivity contribution in [2.24, 2.45) is 0 Å². The first-order valence-corrected chi connectivity index (χ1v) is 7.90. The van der Waals surface area contributed by atoms with Crippen molar-refractivity contribution >= 4 is 11.6 Å². The van der Waals surface area contributed by atoms with Crippen molar-refractivity contribution in [3.8, 4) is 5.75 Å². The number of hydrogen-bond acceptors (Lipinski definition) is 2. The topological polar surface area (TPSA) is 38.3 Å². The van der Waals surface area contributed by atoms with Crippen molar-refractivity contribution in [1.82, 2.24) is 0 Å². The summed E-state index contributed by atoms with van der Waals surface area (Å²) in [5.41, 5.74) is 5.68. The summed E-state index contributed by atoms with van der Waals surface area (Å²) in [5.74, 6) is 1.04. The van der Waals surface area contributed by atoms with Gasteiger partial charge in [-0.15, -0.1) is 0 Å². The molecule has 0 radical (unpaired) electrons. The average Bonchev–Trinajstić information content (AvgIpc) is 2.50. The van der Waals surface area contributed by atoms with Crippen molar-refractivity contribution in [2.45, 2.75) is 40.5 Å². The van der Waals surface area contributed by atoms with E-state index in [1.807, 2.05) is 51.1 Å². The van der Waals surface area contributed by atoms with Crippen LogP contribution >= 0.6 is 0 Å². The second-order valence-corrected chi connectivity index (χ2v) is 6.34. The standard InChI is InChI=1S/C20H25NO2/c1-12(2)16-11-17(15(5)10-19(16)23-6)20(22)21-18-9-13(3)7-8-14(18)4/h7-12H,1-6H3,(H,21,22). The molecule has 0 saturated carbocycles. The highest BCUT2D eigenvalue weighted by Gasteiger charge is 2.16. The van der Waals surface area contributed by atoms with Gasteiger partial charge in [-0.3, -0.25) is 4.79 Å². The van der Waals surface area contributed by atoms with Crippen LogP contribution in [0.1, 0.15) is 52.4 Å². The maximum absolute atomic E-state index is 12.7. The number of methoxy groups -OCH3 is 1. The van der Waals surface area contributed by atoms with Crippen LogP contribution in [0.5, 0.6) is 5.75 Å². The molecule has 0 saturated heterocycles. The lowest BCUT2D eigenvalue weighted by atomic mass is 9.96. The molecule has 2 rings (SSSR count). The molecule has 3 heteroatoms. The van der Waals surface area contributed by atoms with E-state index < -0.39 is 0 Å². The number of hydrogen-bond donors (Lipinski definition) is 1. The third kappa shape index (κ3) is 3.73. The zero-order chi connectivity index (χ0) is 17.1. The Balaban J connectivity index is 2.39. The third-order valence-corrected chi connectivity index (χ3v) is 4.08. The number of benzene rings is 2. The highest BCUT2D eigenvalue weighted by molar-refractivity contribution is 6.06. The van der Waals surface area contributed by atoms with Crippen LogP contribution in [0.4, 0.5) is 5.69 Å². The van der Waals surface area contributed by atoms with Crippen LogP contribution in [-0.4, -0.2) is 13.0 Å². The zero-order valence-corrected chi connectivity index (χ0v) is 14.8. The quantitative estimate of drug-likeness (QED) is 0.863. The first kappa shape index (κ1) is 17.1. The maximum atomic E-state index is 12.7. The summed E-state index contributed by atoms with van der Waals surface area (Å²) in [7, 11) is 1.66. The molecule has 1 N–H and O–H groups in total. The minimum Gasteiger partial charge on any atom is -0.496 e. The van der Waals surface area contributed by atoms with Crippen LogP contribution in [0.25, 0.3) is 0 Å². The van der Waals surface area contributed by atoms with E-state index in [1.165, 1.54) is 0 Å². The molecule has 0 aliphatic carbocycles. The summed E-state index contributed by atoms with van der Waals surface area (Å²) in [6.07, 6.45) is 0. The summed E-state index contributed by atoms with van der Waals surface area (Å²) in [6, 6.07) is 9.94. The van der Waals surface area contributed by atoms with E-state index in [-0.39, 0.29) is 11.8 Å². The highest BCUT2D eigenvalue weighted by atomic mass is 16.5. The van der Waals surface area contributed by atoms with E-state index in [4.69, 9.17) is 4.74 Å². The summed E-state index contributed by atoms with van der Waals surface area (Å²) >= 11 is 0. The van der Waals surface area contributed by atoms with Gasteiger partial charge in [-0.05, 0) is 67.1 Å². The predicted octanol–water partition coefficient (Wildman–Crippen LogP) is 5.00. The Bertz CT molecular complexity index is 733. The zero-order valence-electron chi connectivity index (χ0n) is 14.8. The van der Waals surface area contributed by atoms with Gasteiger partial charge in [0.25, 0.3) is 5.91 Å². The van der Waals surface area contributed by atoms with Gasteiger partial charge in [0.1, 0.15) is 5.75 Å². The molecule has 3 nitrogen and oxygen atoms in total. The molecule has 122 valence electrons. The molecule has 0 aliphatic rings. The fraction of sp³-hybridized carbons (Fsp3) is 0.350. The van der Waals surface area contributed by atoms with Crippen molar-refractivity contribution in [3.05, 3.63) is 58.1 Å². The van der Waals surface area contributed by atoms with E-state index >= 15 is 0 Å². The second-order valence-electron chi connectivity index (χ2n) is 6.34. The van der Waals surface area contributed by atoms with Gasteiger partial charge in [0.05, 0.1) is 7.11 Å². The second kappa shape index (κ2) is 6.86. The smallest absolute Gasteiger partial charge is 0.255 e. The highest BCUT2D eigenvalue weighted by Crippen LogP contribution is 2.30. The van der Waals surface area contributed by atoms with Crippen LogP contribution < -0.4 is 10.1 Å². The van der Waals surface area contributed by atoms with Crippen LogP contribution in [0.2, 0.25) is 0 Å².